The monoisotopic (exact) mass is 121 g/mol. The molecule has 1 rings (SSSR count). The Balaban J connectivity index is 2.68. The predicted octanol–water partition coefficient (Wildman–Crippen LogP) is 2.31. The van der Waals surface area contributed by atoms with Crippen LogP contribution >= 0.6 is 0 Å². The van der Waals surface area contributed by atoms with Crippen molar-refractivity contribution in [2.75, 3.05) is 0 Å². The van der Waals surface area contributed by atoms with E-state index >= 15 is 0 Å². The van der Waals surface area contributed by atoms with E-state index in [4.69, 9.17) is 0 Å². The lowest BCUT2D eigenvalue weighted by Gasteiger charge is -2.04. The van der Waals surface area contributed by atoms with Crippen LogP contribution in [0.3, 0.4) is 0 Å². The van der Waals surface area contributed by atoms with Crippen molar-refractivity contribution in [3.8, 4) is 0 Å². The fourth-order valence-electron chi connectivity index (χ4n) is 0.825. The van der Waals surface area contributed by atoms with Gasteiger partial charge in [0.1, 0.15) is 0 Å². The van der Waals surface area contributed by atoms with Crippen LogP contribution < -0.4 is 0 Å². The Morgan fingerprint density at radius 2 is 2.56 bits per heavy atom. The summed E-state index contributed by atoms with van der Waals surface area (Å²) in [5.74, 6) is 0. The summed E-state index contributed by atoms with van der Waals surface area (Å²) in [5.41, 5.74) is 2.25. The van der Waals surface area contributed by atoms with Gasteiger partial charge in [0, 0.05) is 11.9 Å². The molecule has 48 valence electrons. The number of hydrogen-bond donors (Lipinski definition) is 0. The van der Waals surface area contributed by atoms with E-state index in [1.165, 1.54) is 0 Å². The zero-order valence-corrected chi connectivity index (χ0v) is 5.72. The standard InChI is InChI=1S/C8H11N/c1-7(2)8-5-3-4-6-9-8/h4,6H,1,3,5H2,2H3. The second kappa shape index (κ2) is 2.62. The summed E-state index contributed by atoms with van der Waals surface area (Å²) in [7, 11) is 0. The minimum absolute atomic E-state index is 1.06. The molecule has 1 aliphatic heterocycles. The molecular weight excluding hydrogens is 110 g/mol. The predicted molar refractivity (Wildman–Crippen MR) is 40.6 cm³/mol. The normalized spacial score (nSPS) is 17.2. The molecule has 0 bridgehead atoms. The SMILES string of the molecule is C=C(C)C1=NC=CCC1. The molecule has 0 fully saturated rings. The molecule has 0 aromatic carbocycles. The lowest BCUT2D eigenvalue weighted by atomic mass is 10.1. The van der Waals surface area contributed by atoms with Crippen LogP contribution in [-0.4, -0.2) is 5.71 Å². The third-order valence-corrected chi connectivity index (χ3v) is 1.38. The summed E-state index contributed by atoms with van der Waals surface area (Å²) in [6.07, 6.45) is 6.11. The zero-order chi connectivity index (χ0) is 6.69. The van der Waals surface area contributed by atoms with Gasteiger partial charge in [0.05, 0.1) is 0 Å². The first kappa shape index (κ1) is 6.27. The third-order valence-electron chi connectivity index (χ3n) is 1.38. The summed E-state index contributed by atoms with van der Waals surface area (Å²) >= 11 is 0. The van der Waals surface area contributed by atoms with Crippen LogP contribution in [0.25, 0.3) is 0 Å². The van der Waals surface area contributed by atoms with Crippen LogP contribution in [0.1, 0.15) is 19.8 Å². The van der Waals surface area contributed by atoms with Gasteiger partial charge in [-0.1, -0.05) is 12.7 Å². The Hall–Kier alpha value is -0.850. The summed E-state index contributed by atoms with van der Waals surface area (Å²) in [6, 6.07) is 0. The zero-order valence-electron chi connectivity index (χ0n) is 5.72. The van der Waals surface area contributed by atoms with Crippen molar-refractivity contribution in [2.24, 2.45) is 4.99 Å². The van der Waals surface area contributed by atoms with E-state index in [2.05, 4.69) is 17.6 Å². The highest BCUT2D eigenvalue weighted by atomic mass is 14.7. The average molecular weight is 121 g/mol. The van der Waals surface area contributed by atoms with E-state index in [1.54, 1.807) is 0 Å². The van der Waals surface area contributed by atoms with Crippen LogP contribution in [0, 0.1) is 0 Å². The molecule has 0 aliphatic carbocycles. The molecule has 1 heterocycles. The van der Waals surface area contributed by atoms with Crippen molar-refractivity contribution >= 4 is 5.71 Å². The van der Waals surface area contributed by atoms with Gasteiger partial charge < -0.3 is 0 Å². The summed E-state index contributed by atoms with van der Waals surface area (Å²) in [4.78, 5) is 4.17. The Labute approximate surface area is 55.8 Å². The molecule has 0 amide bonds. The maximum atomic E-state index is 4.17. The summed E-state index contributed by atoms with van der Waals surface area (Å²) in [5, 5.41) is 0. The minimum Gasteiger partial charge on any atom is -0.261 e. The molecule has 1 heteroatoms. The maximum absolute atomic E-state index is 4.17. The number of nitrogens with zero attached hydrogens (tertiary/aromatic N) is 1. The minimum atomic E-state index is 1.06. The van der Waals surface area contributed by atoms with Gasteiger partial charge in [-0.25, -0.2) is 0 Å². The second-order valence-corrected chi connectivity index (χ2v) is 2.28. The largest absolute Gasteiger partial charge is 0.261 e. The van der Waals surface area contributed by atoms with E-state index in [9.17, 15) is 0 Å². The molecule has 0 radical (unpaired) electrons. The smallest absolute Gasteiger partial charge is 0.0429 e. The first-order valence-electron chi connectivity index (χ1n) is 3.18. The molecule has 0 aromatic heterocycles. The summed E-state index contributed by atoms with van der Waals surface area (Å²) < 4.78 is 0. The van der Waals surface area contributed by atoms with Gasteiger partial charge in [-0.05, 0) is 25.3 Å². The fraction of sp³-hybridized carbons (Fsp3) is 0.375. The molecule has 0 atom stereocenters. The van der Waals surface area contributed by atoms with Crippen LogP contribution in [-0.2, 0) is 0 Å². The highest BCUT2D eigenvalue weighted by Crippen LogP contribution is 2.07. The molecule has 0 aromatic rings. The molecule has 9 heavy (non-hydrogen) atoms. The lowest BCUT2D eigenvalue weighted by molar-refractivity contribution is 1.06. The Morgan fingerprint density at radius 1 is 1.78 bits per heavy atom. The number of rotatable bonds is 1. The van der Waals surface area contributed by atoms with E-state index in [1.807, 2.05) is 13.1 Å². The molecule has 0 unspecified atom stereocenters. The molecule has 0 saturated heterocycles. The van der Waals surface area contributed by atoms with Crippen molar-refractivity contribution < 1.29 is 0 Å². The second-order valence-electron chi connectivity index (χ2n) is 2.28. The van der Waals surface area contributed by atoms with Gasteiger partial charge in [-0.3, -0.25) is 4.99 Å². The number of hydrogen-bond acceptors (Lipinski definition) is 1. The quantitative estimate of drug-likeness (QED) is 0.504. The summed E-state index contributed by atoms with van der Waals surface area (Å²) in [6.45, 7) is 5.81. The van der Waals surface area contributed by atoms with E-state index in [-0.39, 0.29) is 0 Å². The lowest BCUT2D eigenvalue weighted by Crippen LogP contribution is -1.99. The topological polar surface area (TPSA) is 12.4 Å². The van der Waals surface area contributed by atoms with Crippen molar-refractivity contribution in [1.29, 1.82) is 0 Å². The van der Waals surface area contributed by atoms with E-state index in [0.717, 1.165) is 24.1 Å². The van der Waals surface area contributed by atoms with Crippen LogP contribution in [0.2, 0.25) is 0 Å². The Kier molecular flexibility index (Phi) is 1.83. The molecule has 0 spiro atoms. The molecule has 1 nitrogen and oxygen atoms in total. The maximum Gasteiger partial charge on any atom is 0.0429 e. The number of allylic oxidation sites excluding steroid dienone is 2. The molecular formula is C8H11N. The third kappa shape index (κ3) is 1.53. The van der Waals surface area contributed by atoms with Gasteiger partial charge >= 0.3 is 0 Å². The fourth-order valence-corrected chi connectivity index (χ4v) is 0.825. The first-order valence-corrected chi connectivity index (χ1v) is 3.18. The molecule has 0 N–H and O–H groups in total. The van der Waals surface area contributed by atoms with Crippen LogP contribution in [0.4, 0.5) is 0 Å². The van der Waals surface area contributed by atoms with Gasteiger partial charge in [-0.15, -0.1) is 0 Å². The van der Waals surface area contributed by atoms with E-state index < -0.39 is 0 Å². The van der Waals surface area contributed by atoms with Crippen molar-refractivity contribution in [3.05, 3.63) is 24.4 Å². The van der Waals surface area contributed by atoms with Gasteiger partial charge in [0.2, 0.25) is 0 Å². The van der Waals surface area contributed by atoms with Crippen molar-refractivity contribution in [3.63, 3.8) is 0 Å². The van der Waals surface area contributed by atoms with Crippen molar-refractivity contribution in [1.82, 2.24) is 0 Å². The highest BCUT2D eigenvalue weighted by Gasteiger charge is 1.99. The Bertz CT molecular complexity index is 175. The first-order chi connectivity index (χ1) is 4.30. The van der Waals surface area contributed by atoms with Crippen LogP contribution in [0.15, 0.2) is 29.4 Å². The van der Waals surface area contributed by atoms with Gasteiger partial charge in [-0.2, -0.15) is 0 Å². The molecule has 0 saturated carbocycles. The van der Waals surface area contributed by atoms with Crippen LogP contribution in [0.5, 0.6) is 0 Å². The van der Waals surface area contributed by atoms with Crippen molar-refractivity contribution in [2.45, 2.75) is 19.8 Å². The molecule has 1 aliphatic rings. The van der Waals surface area contributed by atoms with Gasteiger partial charge in [0.25, 0.3) is 0 Å². The van der Waals surface area contributed by atoms with Gasteiger partial charge in [0.15, 0.2) is 0 Å². The average Bonchev–Trinajstić information content (AvgIpc) is 1.90. The van der Waals surface area contributed by atoms with E-state index in [0.29, 0.717) is 0 Å². The highest BCUT2D eigenvalue weighted by molar-refractivity contribution is 5.99. The number of aliphatic imine (C=N–C) groups is 1. The Morgan fingerprint density at radius 3 is 2.89 bits per heavy atom.